The number of ether oxygens (including phenoxy) is 2. The van der Waals surface area contributed by atoms with E-state index >= 15 is 0 Å². The molecule has 2 heterocycles. The second-order valence-electron chi connectivity index (χ2n) is 5.76. The molecule has 0 amide bonds. The molecule has 1 aliphatic rings. The molecule has 1 aromatic heterocycles. The quantitative estimate of drug-likeness (QED) is 0.733. The van der Waals surface area contributed by atoms with E-state index in [0.717, 1.165) is 16.6 Å². The fourth-order valence-corrected chi connectivity index (χ4v) is 3.26. The van der Waals surface area contributed by atoms with Crippen molar-refractivity contribution in [2.45, 2.75) is 6.54 Å². The minimum atomic E-state index is 0.0407. The van der Waals surface area contributed by atoms with Crippen molar-refractivity contribution in [3.63, 3.8) is 0 Å². The van der Waals surface area contributed by atoms with Gasteiger partial charge in [-0.2, -0.15) is 0 Å². The van der Waals surface area contributed by atoms with Gasteiger partial charge in [0.2, 0.25) is 5.95 Å². The monoisotopic (exact) mass is 359 g/mol. The minimum absolute atomic E-state index is 0.0407. The molecule has 0 radical (unpaired) electrons. The van der Waals surface area contributed by atoms with Crippen molar-refractivity contribution in [1.82, 2.24) is 9.55 Å². The third kappa shape index (κ3) is 3.10. The molecule has 130 valence electrons. The molecular weight excluding hydrogens is 342 g/mol. The second-order valence-corrected chi connectivity index (χ2v) is 6.17. The number of benzene rings is 2. The Morgan fingerprint density at radius 1 is 1.20 bits per heavy atom. The third-order valence-corrected chi connectivity index (χ3v) is 4.33. The number of aliphatic hydroxyl groups is 1. The highest BCUT2D eigenvalue weighted by Crippen LogP contribution is 2.38. The molecule has 4 rings (SSSR count). The molecule has 0 saturated carbocycles. The van der Waals surface area contributed by atoms with E-state index in [4.69, 9.17) is 26.2 Å². The first kappa shape index (κ1) is 16.1. The number of imidazole rings is 1. The average Bonchev–Trinajstić information content (AvgIpc) is 2.98. The molecule has 0 atom stereocenters. The molecule has 1 aliphatic heterocycles. The van der Waals surface area contributed by atoms with Gasteiger partial charge in [-0.25, -0.2) is 4.98 Å². The molecule has 2 N–H and O–H groups in total. The van der Waals surface area contributed by atoms with Gasteiger partial charge >= 0.3 is 0 Å². The highest BCUT2D eigenvalue weighted by Gasteiger charge is 2.18. The maximum atomic E-state index is 9.10. The number of fused-ring (bicyclic) bond motifs is 2. The van der Waals surface area contributed by atoms with E-state index < -0.39 is 0 Å². The first-order valence-corrected chi connectivity index (χ1v) is 8.52. The van der Waals surface area contributed by atoms with E-state index in [1.807, 2.05) is 36.4 Å². The number of anilines is 1. The lowest BCUT2D eigenvalue weighted by molar-refractivity contribution is 0.171. The van der Waals surface area contributed by atoms with Crippen molar-refractivity contribution in [2.75, 3.05) is 31.7 Å². The van der Waals surface area contributed by atoms with Crippen LogP contribution in [0.4, 0.5) is 5.95 Å². The number of nitrogens with one attached hydrogen (secondary N) is 1. The fourth-order valence-electron chi connectivity index (χ4n) is 2.98. The topological polar surface area (TPSA) is 68.5 Å². The number of aliphatic hydroxyl groups excluding tert-OH is 1. The molecule has 0 saturated heterocycles. The SMILES string of the molecule is OCCNc1nc2ccccc2n1Cc1cc(Cl)c2c(c1)OCCO2. The largest absolute Gasteiger partial charge is 0.486 e. The second kappa shape index (κ2) is 6.82. The van der Waals surface area contributed by atoms with Crippen LogP contribution in [0.5, 0.6) is 11.5 Å². The zero-order valence-corrected chi connectivity index (χ0v) is 14.3. The first-order chi connectivity index (χ1) is 12.3. The zero-order valence-electron chi connectivity index (χ0n) is 13.5. The number of rotatable bonds is 5. The molecule has 25 heavy (non-hydrogen) atoms. The predicted molar refractivity (Wildman–Crippen MR) is 96.9 cm³/mol. The van der Waals surface area contributed by atoms with Crippen molar-refractivity contribution in [2.24, 2.45) is 0 Å². The van der Waals surface area contributed by atoms with Gasteiger partial charge in [-0.1, -0.05) is 23.7 Å². The van der Waals surface area contributed by atoms with Crippen LogP contribution in [0.15, 0.2) is 36.4 Å². The van der Waals surface area contributed by atoms with E-state index in [2.05, 4.69) is 14.9 Å². The van der Waals surface area contributed by atoms with Crippen molar-refractivity contribution >= 4 is 28.6 Å². The van der Waals surface area contributed by atoms with E-state index in [9.17, 15) is 0 Å². The number of para-hydroxylation sites is 2. The summed E-state index contributed by atoms with van der Waals surface area (Å²) >= 11 is 6.35. The summed E-state index contributed by atoms with van der Waals surface area (Å²) in [6.45, 7) is 2.08. The molecule has 0 bridgehead atoms. The van der Waals surface area contributed by atoms with E-state index in [1.165, 1.54) is 0 Å². The number of aromatic nitrogens is 2. The van der Waals surface area contributed by atoms with Crippen LogP contribution in [0, 0.1) is 0 Å². The Labute approximate surface area is 150 Å². The molecule has 6 nitrogen and oxygen atoms in total. The lowest BCUT2D eigenvalue weighted by Gasteiger charge is -2.20. The van der Waals surface area contributed by atoms with Crippen LogP contribution in [0.2, 0.25) is 5.02 Å². The summed E-state index contributed by atoms with van der Waals surface area (Å²) in [5.41, 5.74) is 2.89. The lowest BCUT2D eigenvalue weighted by Crippen LogP contribution is -2.16. The van der Waals surface area contributed by atoms with Gasteiger partial charge in [0.25, 0.3) is 0 Å². The molecule has 0 fully saturated rings. The normalized spacial score (nSPS) is 13.2. The summed E-state index contributed by atoms with van der Waals surface area (Å²) in [5.74, 6) is 1.98. The van der Waals surface area contributed by atoms with Crippen LogP contribution in [0.3, 0.4) is 0 Å². The predicted octanol–water partition coefficient (Wildman–Crippen LogP) is 2.91. The Morgan fingerprint density at radius 3 is 2.92 bits per heavy atom. The Morgan fingerprint density at radius 2 is 2.04 bits per heavy atom. The van der Waals surface area contributed by atoms with Gasteiger partial charge in [0.05, 0.1) is 29.2 Å². The molecule has 3 aromatic rings. The summed E-state index contributed by atoms with van der Waals surface area (Å²) < 4.78 is 13.3. The number of halogens is 1. The maximum absolute atomic E-state index is 9.10. The van der Waals surface area contributed by atoms with Gasteiger partial charge < -0.3 is 24.5 Å². The van der Waals surface area contributed by atoms with Crippen LogP contribution in [0.25, 0.3) is 11.0 Å². The molecule has 0 aliphatic carbocycles. The Hall–Kier alpha value is -2.44. The first-order valence-electron chi connectivity index (χ1n) is 8.14. The van der Waals surface area contributed by atoms with Gasteiger partial charge in [0, 0.05) is 6.54 Å². The van der Waals surface area contributed by atoms with Crippen LogP contribution >= 0.6 is 11.6 Å². The maximum Gasteiger partial charge on any atom is 0.204 e. The standard InChI is InChI=1S/C18H18ClN3O3/c19-13-9-12(10-16-17(13)25-8-7-24-16)11-22-15-4-2-1-3-14(15)21-18(22)20-5-6-23/h1-4,9-10,23H,5-8,11H2,(H,20,21). The highest BCUT2D eigenvalue weighted by atomic mass is 35.5. The van der Waals surface area contributed by atoms with Crippen LogP contribution in [-0.2, 0) is 6.54 Å². The summed E-state index contributed by atoms with van der Waals surface area (Å²) in [7, 11) is 0. The summed E-state index contributed by atoms with van der Waals surface area (Å²) in [5, 5.41) is 12.8. The number of nitrogens with zero attached hydrogens (tertiary/aromatic N) is 2. The number of hydrogen-bond acceptors (Lipinski definition) is 5. The van der Waals surface area contributed by atoms with Crippen molar-refractivity contribution in [3.05, 3.63) is 47.0 Å². The molecular formula is C18H18ClN3O3. The van der Waals surface area contributed by atoms with Gasteiger partial charge in [-0.3, -0.25) is 0 Å². The van der Waals surface area contributed by atoms with Crippen molar-refractivity contribution in [3.8, 4) is 11.5 Å². The molecule has 7 heteroatoms. The van der Waals surface area contributed by atoms with Gasteiger partial charge in [-0.05, 0) is 29.8 Å². The van der Waals surface area contributed by atoms with E-state index in [1.54, 1.807) is 0 Å². The third-order valence-electron chi connectivity index (χ3n) is 4.05. The Balaban J connectivity index is 1.73. The van der Waals surface area contributed by atoms with Crippen LogP contribution in [0.1, 0.15) is 5.56 Å². The minimum Gasteiger partial charge on any atom is -0.486 e. The van der Waals surface area contributed by atoms with Gasteiger partial charge in [0.1, 0.15) is 13.2 Å². The molecule has 2 aromatic carbocycles. The zero-order chi connectivity index (χ0) is 17.2. The van der Waals surface area contributed by atoms with Crippen molar-refractivity contribution in [1.29, 1.82) is 0 Å². The van der Waals surface area contributed by atoms with Crippen LogP contribution in [-0.4, -0.2) is 41.0 Å². The summed E-state index contributed by atoms with van der Waals surface area (Å²) in [6.07, 6.45) is 0. The smallest absolute Gasteiger partial charge is 0.204 e. The Kier molecular flexibility index (Phi) is 4.38. The van der Waals surface area contributed by atoms with Crippen LogP contribution < -0.4 is 14.8 Å². The number of hydrogen-bond donors (Lipinski definition) is 2. The average molecular weight is 360 g/mol. The molecule has 0 unspecified atom stereocenters. The van der Waals surface area contributed by atoms with E-state index in [0.29, 0.717) is 48.8 Å². The molecule has 0 spiro atoms. The van der Waals surface area contributed by atoms with Crippen molar-refractivity contribution < 1.29 is 14.6 Å². The van der Waals surface area contributed by atoms with Gasteiger partial charge in [-0.15, -0.1) is 0 Å². The van der Waals surface area contributed by atoms with Gasteiger partial charge in [0.15, 0.2) is 11.5 Å². The van der Waals surface area contributed by atoms with E-state index in [-0.39, 0.29) is 6.61 Å². The fraction of sp³-hybridized carbons (Fsp3) is 0.278. The summed E-state index contributed by atoms with van der Waals surface area (Å²) in [6, 6.07) is 11.8. The summed E-state index contributed by atoms with van der Waals surface area (Å²) in [4.78, 5) is 4.61. The highest BCUT2D eigenvalue weighted by molar-refractivity contribution is 6.32. The Bertz CT molecular complexity index is 910. The lowest BCUT2D eigenvalue weighted by atomic mass is 10.2.